The third-order valence-corrected chi connectivity index (χ3v) is 4.41. The average Bonchev–Trinajstić information content (AvgIpc) is 2.79. The van der Waals surface area contributed by atoms with Crippen LogP contribution in [0.25, 0.3) is 0 Å². The molecular formula is C13H17F3IN3O2S. The van der Waals surface area contributed by atoms with Crippen LogP contribution < -0.4 is 5.32 Å². The van der Waals surface area contributed by atoms with E-state index in [0.717, 1.165) is 24.9 Å². The lowest BCUT2D eigenvalue weighted by Crippen LogP contribution is -2.35. The Labute approximate surface area is 149 Å². The number of halogens is 4. The van der Waals surface area contributed by atoms with Crippen molar-refractivity contribution in [3.63, 3.8) is 0 Å². The second-order valence-corrected chi connectivity index (χ2v) is 7.07. The highest BCUT2D eigenvalue weighted by Crippen LogP contribution is 2.34. The Hall–Kier alpha value is -1.04. The van der Waals surface area contributed by atoms with Crippen LogP contribution in [0.15, 0.2) is 28.1 Å². The van der Waals surface area contributed by atoms with Gasteiger partial charge in [0.05, 0.1) is 17.0 Å². The SMILES string of the molecule is CN1CCN=C1NCc1ccc(S(C)(=O)=O)c(C(F)(F)F)c1.I. The van der Waals surface area contributed by atoms with Crippen molar-refractivity contribution in [3.05, 3.63) is 29.3 Å². The molecule has 23 heavy (non-hydrogen) atoms. The van der Waals surface area contributed by atoms with Crippen LogP contribution in [0.2, 0.25) is 0 Å². The van der Waals surface area contributed by atoms with E-state index in [9.17, 15) is 21.6 Å². The molecule has 0 aromatic heterocycles. The molecule has 1 heterocycles. The second-order valence-electron chi connectivity index (χ2n) is 5.08. The molecule has 0 atom stereocenters. The fraction of sp³-hybridized carbons (Fsp3) is 0.462. The first-order valence-corrected chi connectivity index (χ1v) is 8.38. The van der Waals surface area contributed by atoms with Crippen molar-refractivity contribution < 1.29 is 21.6 Å². The number of hydrogen-bond acceptors (Lipinski definition) is 5. The average molecular weight is 463 g/mol. The van der Waals surface area contributed by atoms with Crippen molar-refractivity contribution in [2.24, 2.45) is 4.99 Å². The molecule has 1 N–H and O–H groups in total. The van der Waals surface area contributed by atoms with E-state index in [1.807, 2.05) is 11.9 Å². The van der Waals surface area contributed by atoms with Crippen LogP contribution in [-0.4, -0.2) is 45.7 Å². The van der Waals surface area contributed by atoms with Gasteiger partial charge < -0.3 is 10.2 Å². The van der Waals surface area contributed by atoms with Crippen LogP contribution in [0.4, 0.5) is 13.2 Å². The lowest BCUT2D eigenvalue weighted by molar-refractivity contribution is -0.139. The van der Waals surface area contributed by atoms with Crippen LogP contribution in [0.3, 0.4) is 0 Å². The number of rotatable bonds is 3. The van der Waals surface area contributed by atoms with Gasteiger partial charge in [0.1, 0.15) is 0 Å². The number of nitrogens with zero attached hydrogens (tertiary/aromatic N) is 2. The molecule has 0 bridgehead atoms. The van der Waals surface area contributed by atoms with E-state index in [0.29, 0.717) is 18.1 Å². The number of hydrogen-bond donors (Lipinski definition) is 1. The molecule has 0 unspecified atom stereocenters. The first-order chi connectivity index (χ1) is 10.1. The maximum Gasteiger partial charge on any atom is 0.417 e. The van der Waals surface area contributed by atoms with Crippen molar-refractivity contribution in [2.45, 2.75) is 17.6 Å². The zero-order valence-corrected chi connectivity index (χ0v) is 15.7. The van der Waals surface area contributed by atoms with Gasteiger partial charge >= 0.3 is 6.18 Å². The lowest BCUT2D eigenvalue weighted by Gasteiger charge is -2.17. The van der Waals surface area contributed by atoms with Gasteiger partial charge in [0.2, 0.25) is 0 Å². The molecular weight excluding hydrogens is 446 g/mol. The predicted molar refractivity (Wildman–Crippen MR) is 91.7 cm³/mol. The van der Waals surface area contributed by atoms with Gasteiger partial charge in [-0.05, 0) is 17.7 Å². The molecule has 1 aliphatic heterocycles. The summed E-state index contributed by atoms with van der Waals surface area (Å²) in [5.41, 5.74) is -0.807. The highest BCUT2D eigenvalue weighted by atomic mass is 127. The summed E-state index contributed by atoms with van der Waals surface area (Å²) in [6, 6.07) is 3.22. The molecule has 130 valence electrons. The Bertz CT molecular complexity index is 705. The van der Waals surface area contributed by atoms with Crippen molar-refractivity contribution in [1.29, 1.82) is 0 Å². The molecule has 0 aliphatic carbocycles. The van der Waals surface area contributed by atoms with Crippen LogP contribution >= 0.6 is 24.0 Å². The van der Waals surface area contributed by atoms with E-state index in [1.54, 1.807) is 0 Å². The van der Waals surface area contributed by atoms with Crippen molar-refractivity contribution in [3.8, 4) is 0 Å². The maximum absolute atomic E-state index is 13.0. The van der Waals surface area contributed by atoms with Crippen LogP contribution in [0.1, 0.15) is 11.1 Å². The molecule has 2 rings (SSSR count). The van der Waals surface area contributed by atoms with Gasteiger partial charge in [0, 0.05) is 26.4 Å². The molecule has 10 heteroatoms. The minimum atomic E-state index is -4.73. The van der Waals surface area contributed by atoms with E-state index in [2.05, 4.69) is 10.3 Å². The predicted octanol–water partition coefficient (Wildman–Crippen LogP) is 2.12. The molecule has 1 aromatic carbocycles. The Morgan fingerprint density at radius 2 is 2.00 bits per heavy atom. The number of alkyl halides is 3. The summed E-state index contributed by atoms with van der Waals surface area (Å²) in [4.78, 5) is 5.32. The van der Waals surface area contributed by atoms with E-state index >= 15 is 0 Å². The number of sulfone groups is 1. The quantitative estimate of drug-likeness (QED) is 0.698. The Morgan fingerprint density at radius 3 is 2.48 bits per heavy atom. The zero-order chi connectivity index (χ0) is 16.5. The third-order valence-electron chi connectivity index (χ3n) is 3.26. The van der Waals surface area contributed by atoms with E-state index < -0.39 is 26.5 Å². The Kier molecular flexibility index (Phi) is 6.30. The highest BCUT2D eigenvalue weighted by molar-refractivity contribution is 14.0. The van der Waals surface area contributed by atoms with Gasteiger partial charge in [-0.25, -0.2) is 8.42 Å². The maximum atomic E-state index is 13.0. The van der Waals surface area contributed by atoms with E-state index in [1.165, 1.54) is 6.07 Å². The van der Waals surface area contributed by atoms with Gasteiger partial charge in [0.15, 0.2) is 15.8 Å². The fourth-order valence-corrected chi connectivity index (χ4v) is 3.03. The largest absolute Gasteiger partial charge is 0.417 e. The molecule has 0 radical (unpaired) electrons. The van der Waals surface area contributed by atoms with Gasteiger partial charge in [-0.15, -0.1) is 24.0 Å². The number of aliphatic imine (C=N–C) groups is 1. The van der Waals surface area contributed by atoms with Gasteiger partial charge in [0.25, 0.3) is 0 Å². The van der Waals surface area contributed by atoms with Crippen LogP contribution in [0.5, 0.6) is 0 Å². The standard InChI is InChI=1S/C13H16F3N3O2S.HI/c1-19-6-5-17-12(19)18-8-9-3-4-11(22(2,20)21)10(7-9)13(14,15)16;/h3-4,7H,5-6,8H2,1-2H3,(H,17,18);1H. The van der Waals surface area contributed by atoms with Gasteiger partial charge in [-0.3, -0.25) is 4.99 Å². The number of guanidine groups is 1. The molecule has 5 nitrogen and oxygen atoms in total. The summed E-state index contributed by atoms with van der Waals surface area (Å²) in [5.74, 6) is 0.612. The van der Waals surface area contributed by atoms with Crippen molar-refractivity contribution in [1.82, 2.24) is 10.2 Å². The second kappa shape index (κ2) is 7.24. The molecule has 0 saturated carbocycles. The Morgan fingerprint density at radius 1 is 1.35 bits per heavy atom. The number of benzene rings is 1. The summed E-state index contributed by atoms with van der Waals surface area (Å²) in [7, 11) is -2.12. The summed E-state index contributed by atoms with van der Waals surface area (Å²) in [5, 5.41) is 2.94. The topological polar surface area (TPSA) is 61.8 Å². The van der Waals surface area contributed by atoms with E-state index in [-0.39, 0.29) is 30.5 Å². The molecule has 0 fully saturated rings. The van der Waals surface area contributed by atoms with Gasteiger partial charge in [-0.2, -0.15) is 13.2 Å². The number of likely N-dealkylation sites (N-methyl/N-ethyl adjacent to an activating group) is 1. The number of nitrogens with one attached hydrogen (secondary N) is 1. The summed E-state index contributed by atoms with van der Waals surface area (Å²) < 4.78 is 62.1. The third kappa shape index (κ3) is 4.96. The normalized spacial score (nSPS) is 15.2. The van der Waals surface area contributed by atoms with Crippen molar-refractivity contribution >= 4 is 39.8 Å². The molecule has 1 aliphatic rings. The smallest absolute Gasteiger partial charge is 0.352 e. The molecule has 1 aromatic rings. The first-order valence-electron chi connectivity index (χ1n) is 6.48. The molecule has 0 spiro atoms. The summed E-state index contributed by atoms with van der Waals surface area (Å²) in [6.45, 7) is 1.53. The summed E-state index contributed by atoms with van der Waals surface area (Å²) in [6.07, 6.45) is -3.96. The monoisotopic (exact) mass is 463 g/mol. The molecule has 0 saturated heterocycles. The zero-order valence-electron chi connectivity index (χ0n) is 12.5. The first kappa shape index (κ1) is 20.0. The highest BCUT2D eigenvalue weighted by Gasteiger charge is 2.36. The molecule has 0 amide bonds. The van der Waals surface area contributed by atoms with Crippen LogP contribution in [-0.2, 0) is 22.6 Å². The summed E-state index contributed by atoms with van der Waals surface area (Å²) >= 11 is 0. The van der Waals surface area contributed by atoms with Gasteiger partial charge in [-0.1, -0.05) is 6.07 Å². The lowest BCUT2D eigenvalue weighted by atomic mass is 10.1. The minimum Gasteiger partial charge on any atom is -0.352 e. The fourth-order valence-electron chi connectivity index (χ4n) is 2.14. The van der Waals surface area contributed by atoms with E-state index in [4.69, 9.17) is 0 Å². The Balaban J connectivity index is 0.00000264. The van der Waals surface area contributed by atoms with Crippen molar-refractivity contribution in [2.75, 3.05) is 26.4 Å². The minimum absolute atomic E-state index is 0. The van der Waals surface area contributed by atoms with Crippen LogP contribution in [0, 0.1) is 0 Å².